The Balaban J connectivity index is 1.59. The first-order chi connectivity index (χ1) is 13.7. The van der Waals surface area contributed by atoms with Gasteiger partial charge in [-0.25, -0.2) is 4.98 Å². The molecule has 0 fully saturated rings. The number of benzene rings is 2. The number of fused-ring (bicyclic) bond motifs is 1. The van der Waals surface area contributed by atoms with Crippen molar-refractivity contribution in [3.05, 3.63) is 54.2 Å². The number of methoxy groups -OCH3 is 2. The molecule has 0 unspecified atom stereocenters. The molecule has 8 heteroatoms. The predicted molar refractivity (Wildman–Crippen MR) is 101 cm³/mol. The molecule has 2 aromatic heterocycles. The molecule has 0 radical (unpaired) electrons. The summed E-state index contributed by atoms with van der Waals surface area (Å²) in [6, 6.07) is 13.1. The van der Waals surface area contributed by atoms with Crippen LogP contribution in [-0.2, 0) is 6.61 Å². The molecule has 0 saturated heterocycles. The van der Waals surface area contributed by atoms with Gasteiger partial charge in [-0.2, -0.15) is 9.97 Å². The van der Waals surface area contributed by atoms with Gasteiger partial charge in [-0.3, -0.25) is 0 Å². The van der Waals surface area contributed by atoms with Crippen molar-refractivity contribution < 1.29 is 18.7 Å². The Kier molecular flexibility index (Phi) is 4.76. The number of aromatic nitrogens is 4. The summed E-state index contributed by atoms with van der Waals surface area (Å²) >= 11 is 0. The summed E-state index contributed by atoms with van der Waals surface area (Å²) in [5.74, 6) is 2.93. The van der Waals surface area contributed by atoms with Crippen molar-refractivity contribution >= 4 is 10.9 Å². The minimum atomic E-state index is 0.0831. The van der Waals surface area contributed by atoms with Crippen LogP contribution in [0.4, 0.5) is 0 Å². The molecule has 0 N–H and O–H groups in total. The molecule has 2 aromatic carbocycles. The minimum Gasteiger partial charge on any atom is -0.493 e. The van der Waals surface area contributed by atoms with E-state index in [4.69, 9.17) is 18.7 Å². The van der Waals surface area contributed by atoms with Crippen LogP contribution in [0.15, 0.2) is 47.0 Å². The van der Waals surface area contributed by atoms with Crippen molar-refractivity contribution in [2.75, 3.05) is 14.2 Å². The molecule has 4 rings (SSSR count). The predicted octanol–water partition coefficient (Wildman–Crippen LogP) is 3.58. The van der Waals surface area contributed by atoms with E-state index in [9.17, 15) is 0 Å². The summed E-state index contributed by atoms with van der Waals surface area (Å²) in [4.78, 5) is 13.2. The van der Waals surface area contributed by atoms with E-state index in [1.54, 1.807) is 20.3 Å². The molecule has 0 bridgehead atoms. The maximum absolute atomic E-state index is 5.83. The molecule has 0 spiro atoms. The second-order valence-electron chi connectivity index (χ2n) is 5.93. The number of ether oxygens (including phenoxy) is 3. The molecular formula is C20H18N4O4. The second-order valence-corrected chi connectivity index (χ2v) is 5.93. The smallest absolute Gasteiger partial charge is 0.264 e. The Hall–Kier alpha value is -3.68. The van der Waals surface area contributed by atoms with Crippen LogP contribution in [-0.4, -0.2) is 34.3 Å². The topological polar surface area (TPSA) is 92.4 Å². The van der Waals surface area contributed by atoms with E-state index in [0.29, 0.717) is 40.5 Å². The first-order valence-corrected chi connectivity index (χ1v) is 8.59. The lowest BCUT2D eigenvalue weighted by atomic mass is 10.1. The molecule has 0 amide bonds. The van der Waals surface area contributed by atoms with Gasteiger partial charge in [0, 0.05) is 0 Å². The van der Waals surface area contributed by atoms with Gasteiger partial charge in [0.2, 0.25) is 11.7 Å². The number of nitrogens with zero attached hydrogens (tertiary/aromatic N) is 4. The zero-order valence-electron chi connectivity index (χ0n) is 15.7. The average Bonchev–Trinajstić information content (AvgIpc) is 3.20. The minimum absolute atomic E-state index is 0.0831. The quantitative estimate of drug-likeness (QED) is 0.503. The van der Waals surface area contributed by atoms with E-state index >= 15 is 0 Å². The van der Waals surface area contributed by atoms with Crippen molar-refractivity contribution in [1.82, 2.24) is 20.1 Å². The number of rotatable bonds is 6. The van der Waals surface area contributed by atoms with Crippen LogP contribution in [0.5, 0.6) is 17.4 Å². The lowest BCUT2D eigenvalue weighted by Gasteiger charge is -2.09. The van der Waals surface area contributed by atoms with Gasteiger partial charge >= 0.3 is 0 Å². The third kappa shape index (κ3) is 3.32. The molecule has 0 aliphatic carbocycles. The van der Waals surface area contributed by atoms with E-state index in [-0.39, 0.29) is 6.61 Å². The number of hydrogen-bond donors (Lipinski definition) is 0. The van der Waals surface area contributed by atoms with Crippen LogP contribution >= 0.6 is 0 Å². The van der Waals surface area contributed by atoms with Crippen molar-refractivity contribution in [3.8, 4) is 28.8 Å². The Morgan fingerprint density at radius 1 is 0.929 bits per heavy atom. The summed E-state index contributed by atoms with van der Waals surface area (Å²) in [6.07, 6.45) is 0. The van der Waals surface area contributed by atoms with Gasteiger partial charge < -0.3 is 18.7 Å². The molecule has 8 nitrogen and oxygen atoms in total. The normalized spacial score (nSPS) is 10.8. The van der Waals surface area contributed by atoms with Crippen LogP contribution in [0.1, 0.15) is 11.7 Å². The van der Waals surface area contributed by atoms with Crippen LogP contribution in [0.2, 0.25) is 0 Å². The lowest BCUT2D eigenvalue weighted by Crippen LogP contribution is -2.01. The first kappa shape index (κ1) is 17.7. The molecule has 142 valence electrons. The highest BCUT2D eigenvalue weighted by Crippen LogP contribution is 2.36. The van der Waals surface area contributed by atoms with E-state index in [1.807, 2.05) is 43.3 Å². The number of aryl methyl sites for hydroxylation is 1. The molecule has 0 atom stereocenters. The highest BCUT2D eigenvalue weighted by molar-refractivity contribution is 5.83. The fourth-order valence-electron chi connectivity index (χ4n) is 2.88. The molecule has 4 aromatic rings. The van der Waals surface area contributed by atoms with Crippen LogP contribution in [0, 0.1) is 6.92 Å². The summed E-state index contributed by atoms with van der Waals surface area (Å²) in [5, 5.41) is 4.85. The van der Waals surface area contributed by atoms with Gasteiger partial charge in [-0.15, -0.1) is 0 Å². The summed E-state index contributed by atoms with van der Waals surface area (Å²) in [7, 11) is 3.14. The molecule has 0 aliphatic heterocycles. The Morgan fingerprint density at radius 3 is 2.61 bits per heavy atom. The molecule has 0 saturated carbocycles. The second kappa shape index (κ2) is 7.51. The monoisotopic (exact) mass is 378 g/mol. The fourth-order valence-corrected chi connectivity index (χ4v) is 2.88. The van der Waals surface area contributed by atoms with Gasteiger partial charge in [0.25, 0.3) is 5.89 Å². The SMILES string of the molecule is COc1cccc(-c2noc(COc3nc(C)nc4ccccc34)n2)c1OC. The zero-order valence-corrected chi connectivity index (χ0v) is 15.7. The Labute approximate surface area is 161 Å². The summed E-state index contributed by atoms with van der Waals surface area (Å²) < 4.78 is 21.9. The van der Waals surface area contributed by atoms with E-state index < -0.39 is 0 Å². The summed E-state index contributed by atoms with van der Waals surface area (Å²) in [5.41, 5.74) is 1.48. The number of para-hydroxylation sites is 2. The van der Waals surface area contributed by atoms with Gasteiger partial charge in [-0.1, -0.05) is 23.4 Å². The van der Waals surface area contributed by atoms with Crippen LogP contribution in [0.25, 0.3) is 22.3 Å². The first-order valence-electron chi connectivity index (χ1n) is 8.59. The standard InChI is InChI=1S/C20H18N4O4/c1-12-21-15-9-5-4-7-13(15)20(22-12)27-11-17-23-19(24-28-17)14-8-6-10-16(25-2)18(14)26-3/h4-10H,11H2,1-3H3. The van der Waals surface area contributed by atoms with E-state index in [2.05, 4.69) is 20.1 Å². The van der Waals surface area contributed by atoms with Crippen molar-refractivity contribution in [2.45, 2.75) is 13.5 Å². The van der Waals surface area contributed by atoms with Crippen molar-refractivity contribution in [2.24, 2.45) is 0 Å². The van der Waals surface area contributed by atoms with Gasteiger partial charge in [0.1, 0.15) is 5.82 Å². The van der Waals surface area contributed by atoms with E-state index in [0.717, 1.165) is 10.9 Å². The summed E-state index contributed by atoms with van der Waals surface area (Å²) in [6.45, 7) is 1.90. The maximum atomic E-state index is 5.83. The van der Waals surface area contributed by atoms with Crippen LogP contribution in [0.3, 0.4) is 0 Å². The van der Waals surface area contributed by atoms with Crippen molar-refractivity contribution in [1.29, 1.82) is 0 Å². The Morgan fingerprint density at radius 2 is 1.79 bits per heavy atom. The molecule has 0 aliphatic rings. The largest absolute Gasteiger partial charge is 0.493 e. The third-order valence-corrected chi connectivity index (χ3v) is 4.12. The number of hydrogen-bond acceptors (Lipinski definition) is 8. The van der Waals surface area contributed by atoms with E-state index in [1.165, 1.54) is 0 Å². The Bertz CT molecular complexity index is 1130. The third-order valence-electron chi connectivity index (χ3n) is 4.12. The molecule has 2 heterocycles. The molecule has 28 heavy (non-hydrogen) atoms. The maximum Gasteiger partial charge on any atom is 0.264 e. The molecular weight excluding hydrogens is 360 g/mol. The van der Waals surface area contributed by atoms with Crippen molar-refractivity contribution in [3.63, 3.8) is 0 Å². The van der Waals surface area contributed by atoms with Crippen LogP contribution < -0.4 is 14.2 Å². The average molecular weight is 378 g/mol. The lowest BCUT2D eigenvalue weighted by molar-refractivity contribution is 0.237. The fraction of sp³-hybridized carbons (Fsp3) is 0.200. The highest BCUT2D eigenvalue weighted by atomic mass is 16.5. The van der Waals surface area contributed by atoms with Gasteiger partial charge in [-0.05, 0) is 31.2 Å². The van der Waals surface area contributed by atoms with Gasteiger partial charge in [0.05, 0.1) is 30.7 Å². The van der Waals surface area contributed by atoms with Gasteiger partial charge in [0.15, 0.2) is 18.1 Å². The highest BCUT2D eigenvalue weighted by Gasteiger charge is 2.17. The zero-order chi connectivity index (χ0) is 19.5.